The SMILES string of the molecule is CCCCCOc1cccc(C(=O)N=c2sc3cc(S(N)(=O)=O)ccc3n2CCC(=O)OCC)c1. The minimum atomic E-state index is -3.90. The van der Waals surface area contributed by atoms with Crippen LogP contribution in [0.4, 0.5) is 0 Å². The van der Waals surface area contributed by atoms with Gasteiger partial charge in [0.2, 0.25) is 10.0 Å². The van der Waals surface area contributed by atoms with E-state index in [0.29, 0.717) is 32.9 Å². The number of esters is 1. The molecule has 0 fully saturated rings. The van der Waals surface area contributed by atoms with Gasteiger partial charge in [0.05, 0.1) is 34.7 Å². The van der Waals surface area contributed by atoms with Crippen LogP contribution in [-0.2, 0) is 26.1 Å². The normalized spacial score (nSPS) is 12.1. The molecule has 0 aliphatic rings. The number of aromatic nitrogens is 1. The van der Waals surface area contributed by atoms with Gasteiger partial charge in [-0.05, 0) is 49.7 Å². The lowest BCUT2D eigenvalue weighted by Crippen LogP contribution is -2.19. The van der Waals surface area contributed by atoms with Crippen LogP contribution in [0.25, 0.3) is 10.2 Å². The molecule has 0 aliphatic carbocycles. The summed E-state index contributed by atoms with van der Waals surface area (Å²) in [6.07, 6.45) is 3.16. The Balaban J connectivity index is 1.97. The Morgan fingerprint density at radius 3 is 2.63 bits per heavy atom. The molecule has 3 rings (SSSR count). The Bertz CT molecular complexity index is 1380. The Morgan fingerprint density at radius 1 is 1.11 bits per heavy atom. The van der Waals surface area contributed by atoms with E-state index >= 15 is 0 Å². The molecule has 2 N–H and O–H groups in total. The van der Waals surface area contributed by atoms with Gasteiger partial charge in [0, 0.05) is 12.1 Å². The topological polar surface area (TPSA) is 130 Å². The van der Waals surface area contributed by atoms with E-state index in [0.717, 1.165) is 30.6 Å². The molecule has 1 aromatic heterocycles. The second-order valence-corrected chi connectivity index (χ2v) is 10.3. The summed E-state index contributed by atoms with van der Waals surface area (Å²) in [5, 5.41) is 5.27. The van der Waals surface area contributed by atoms with Gasteiger partial charge in [-0.3, -0.25) is 9.59 Å². The maximum atomic E-state index is 13.0. The van der Waals surface area contributed by atoms with Crippen molar-refractivity contribution in [2.24, 2.45) is 10.1 Å². The second kappa shape index (κ2) is 12.1. The molecule has 1 amide bonds. The number of carbonyl (C=O) groups is 2. The average molecular weight is 520 g/mol. The first-order valence-electron chi connectivity index (χ1n) is 11.4. The summed E-state index contributed by atoms with van der Waals surface area (Å²) in [7, 11) is -3.90. The zero-order chi connectivity index (χ0) is 25.4. The number of sulfonamides is 1. The first-order chi connectivity index (χ1) is 16.7. The zero-order valence-electron chi connectivity index (χ0n) is 19.7. The van der Waals surface area contributed by atoms with Gasteiger partial charge in [-0.25, -0.2) is 13.6 Å². The predicted octanol–water partition coefficient (Wildman–Crippen LogP) is 3.61. The van der Waals surface area contributed by atoms with Gasteiger partial charge >= 0.3 is 5.97 Å². The number of thiazole rings is 1. The van der Waals surface area contributed by atoms with Crippen LogP contribution < -0.4 is 14.7 Å². The molecule has 0 radical (unpaired) electrons. The van der Waals surface area contributed by atoms with Gasteiger partial charge in [0.25, 0.3) is 5.91 Å². The van der Waals surface area contributed by atoms with Crippen molar-refractivity contribution < 1.29 is 27.5 Å². The number of amides is 1. The lowest BCUT2D eigenvalue weighted by molar-refractivity contribution is -0.143. The first kappa shape index (κ1) is 26.6. The second-order valence-electron chi connectivity index (χ2n) is 7.77. The quantitative estimate of drug-likeness (QED) is 0.304. The van der Waals surface area contributed by atoms with Crippen molar-refractivity contribution in [1.29, 1.82) is 0 Å². The fraction of sp³-hybridized carbons (Fsp3) is 0.375. The number of aryl methyl sites for hydroxylation is 1. The Kier molecular flexibility index (Phi) is 9.19. The van der Waals surface area contributed by atoms with Crippen LogP contribution in [0.3, 0.4) is 0 Å². The maximum absolute atomic E-state index is 13.0. The number of hydrogen-bond donors (Lipinski definition) is 1. The van der Waals surface area contributed by atoms with E-state index in [9.17, 15) is 18.0 Å². The van der Waals surface area contributed by atoms with Crippen LogP contribution in [0.1, 0.15) is 49.9 Å². The molecule has 11 heteroatoms. The van der Waals surface area contributed by atoms with Crippen molar-refractivity contribution in [2.45, 2.75) is 51.0 Å². The minimum Gasteiger partial charge on any atom is -0.494 e. The number of benzene rings is 2. The summed E-state index contributed by atoms with van der Waals surface area (Å²) in [5.74, 6) is -0.274. The van der Waals surface area contributed by atoms with Crippen molar-refractivity contribution in [3.63, 3.8) is 0 Å². The maximum Gasteiger partial charge on any atom is 0.307 e. The summed E-state index contributed by atoms with van der Waals surface area (Å²) >= 11 is 1.14. The molecule has 0 saturated heterocycles. The number of rotatable bonds is 11. The largest absolute Gasteiger partial charge is 0.494 e. The van der Waals surface area contributed by atoms with E-state index in [1.807, 2.05) is 0 Å². The van der Waals surface area contributed by atoms with Crippen molar-refractivity contribution in [2.75, 3.05) is 13.2 Å². The van der Waals surface area contributed by atoms with Gasteiger partial charge < -0.3 is 14.0 Å². The minimum absolute atomic E-state index is 0.0467. The number of carbonyl (C=O) groups excluding carboxylic acids is 2. The summed E-state index contributed by atoms with van der Waals surface area (Å²) in [6, 6.07) is 11.2. The lowest BCUT2D eigenvalue weighted by Gasteiger charge is -2.07. The van der Waals surface area contributed by atoms with Gasteiger partial charge in [-0.1, -0.05) is 37.2 Å². The number of nitrogens with two attached hydrogens (primary N) is 1. The van der Waals surface area contributed by atoms with Gasteiger partial charge in [0.1, 0.15) is 5.75 Å². The van der Waals surface area contributed by atoms with Crippen LogP contribution in [0.5, 0.6) is 5.75 Å². The lowest BCUT2D eigenvalue weighted by atomic mass is 10.2. The number of nitrogens with zero attached hydrogens (tertiary/aromatic N) is 2. The third-order valence-electron chi connectivity index (χ3n) is 5.12. The summed E-state index contributed by atoms with van der Waals surface area (Å²) in [4.78, 5) is 29.5. The van der Waals surface area contributed by atoms with Crippen molar-refractivity contribution in [3.05, 3.63) is 52.8 Å². The number of hydrogen-bond acceptors (Lipinski definition) is 7. The van der Waals surface area contributed by atoms with E-state index in [1.54, 1.807) is 41.8 Å². The highest BCUT2D eigenvalue weighted by Gasteiger charge is 2.15. The molecule has 0 saturated carbocycles. The zero-order valence-corrected chi connectivity index (χ0v) is 21.4. The fourth-order valence-corrected chi connectivity index (χ4v) is 5.09. The molecule has 0 spiro atoms. The number of ether oxygens (including phenoxy) is 2. The van der Waals surface area contributed by atoms with Crippen LogP contribution in [-0.4, -0.2) is 38.1 Å². The number of primary sulfonamides is 1. The molecule has 0 aliphatic heterocycles. The highest BCUT2D eigenvalue weighted by Crippen LogP contribution is 2.22. The summed E-state index contributed by atoms with van der Waals surface area (Å²) < 4.78 is 36.6. The Labute approximate surface area is 208 Å². The molecule has 2 aromatic carbocycles. The molecule has 9 nitrogen and oxygen atoms in total. The molecule has 3 aromatic rings. The highest BCUT2D eigenvalue weighted by atomic mass is 32.2. The molecular weight excluding hydrogens is 490 g/mol. The van der Waals surface area contributed by atoms with Crippen molar-refractivity contribution >= 4 is 43.5 Å². The molecular formula is C24H29N3O6S2. The van der Waals surface area contributed by atoms with Crippen LogP contribution >= 0.6 is 11.3 Å². The Hall–Kier alpha value is -3.02. The van der Waals surface area contributed by atoms with E-state index < -0.39 is 15.9 Å². The predicted molar refractivity (Wildman–Crippen MR) is 134 cm³/mol. The van der Waals surface area contributed by atoms with E-state index in [4.69, 9.17) is 14.6 Å². The third-order valence-corrected chi connectivity index (χ3v) is 7.07. The van der Waals surface area contributed by atoms with E-state index in [1.165, 1.54) is 12.1 Å². The molecule has 0 unspecified atom stereocenters. The van der Waals surface area contributed by atoms with Gasteiger partial charge in [-0.2, -0.15) is 4.99 Å². The van der Waals surface area contributed by atoms with Crippen LogP contribution in [0.15, 0.2) is 52.4 Å². The standard InChI is InChI=1S/C24H29N3O6S2/c1-3-5-6-14-33-18-9-7-8-17(15-18)23(29)26-24-27(13-12-22(28)32-4-2)20-11-10-19(35(25,30)31)16-21(20)34-24/h7-11,15-16H,3-6,12-14H2,1-2H3,(H2,25,30,31). The summed E-state index contributed by atoms with van der Waals surface area (Å²) in [5.41, 5.74) is 0.990. The van der Waals surface area contributed by atoms with Crippen LogP contribution in [0, 0.1) is 0 Å². The first-order valence-corrected chi connectivity index (χ1v) is 13.7. The molecule has 188 valence electrons. The molecule has 0 atom stereocenters. The molecule has 0 bridgehead atoms. The number of unbranched alkanes of at least 4 members (excludes halogenated alkanes) is 2. The number of fused-ring (bicyclic) bond motifs is 1. The Morgan fingerprint density at radius 2 is 1.91 bits per heavy atom. The van der Waals surface area contributed by atoms with Crippen molar-refractivity contribution in [1.82, 2.24) is 4.57 Å². The summed E-state index contributed by atoms with van der Waals surface area (Å²) in [6.45, 7) is 4.88. The highest BCUT2D eigenvalue weighted by molar-refractivity contribution is 7.89. The smallest absolute Gasteiger partial charge is 0.307 e. The van der Waals surface area contributed by atoms with E-state index in [-0.39, 0.29) is 30.4 Å². The molecule has 1 heterocycles. The van der Waals surface area contributed by atoms with Crippen molar-refractivity contribution in [3.8, 4) is 5.75 Å². The third kappa shape index (κ3) is 7.23. The molecule has 35 heavy (non-hydrogen) atoms. The van der Waals surface area contributed by atoms with Gasteiger partial charge in [0.15, 0.2) is 4.80 Å². The average Bonchev–Trinajstić information content (AvgIpc) is 3.16. The fourth-order valence-electron chi connectivity index (χ4n) is 3.38. The van der Waals surface area contributed by atoms with Gasteiger partial charge in [-0.15, -0.1) is 0 Å². The van der Waals surface area contributed by atoms with E-state index in [2.05, 4.69) is 11.9 Å². The van der Waals surface area contributed by atoms with Crippen LogP contribution in [0.2, 0.25) is 0 Å². The monoisotopic (exact) mass is 519 g/mol.